The second-order valence-electron chi connectivity index (χ2n) is 4.77. The summed E-state index contributed by atoms with van der Waals surface area (Å²) in [5, 5.41) is 3.39. The lowest BCUT2D eigenvalue weighted by Gasteiger charge is -2.22. The Bertz CT molecular complexity index is 632. The molecule has 0 fully saturated rings. The van der Waals surface area contributed by atoms with Crippen LogP contribution in [0.3, 0.4) is 0 Å². The molecule has 0 radical (unpaired) electrons. The summed E-state index contributed by atoms with van der Waals surface area (Å²) in [6.07, 6.45) is 0. The van der Waals surface area contributed by atoms with E-state index < -0.39 is 0 Å². The van der Waals surface area contributed by atoms with Crippen LogP contribution in [0.1, 0.15) is 12.5 Å². The molecule has 0 heterocycles. The molecule has 1 N–H and O–H groups in total. The Kier molecular flexibility index (Phi) is 5.67. The number of urea groups is 1. The molecule has 0 saturated heterocycles. The number of halogens is 1. The second-order valence-corrected chi connectivity index (χ2v) is 5.21. The first kappa shape index (κ1) is 16.2. The minimum Gasteiger partial charge on any atom is -0.495 e. The normalized spacial score (nSPS) is 10.1. The van der Waals surface area contributed by atoms with Gasteiger partial charge < -0.3 is 15.0 Å². The maximum absolute atomic E-state index is 12.4. The van der Waals surface area contributed by atoms with Crippen molar-refractivity contribution in [3.63, 3.8) is 0 Å². The number of nitrogens with one attached hydrogen (secondary N) is 1. The molecule has 22 heavy (non-hydrogen) atoms. The van der Waals surface area contributed by atoms with E-state index in [1.54, 1.807) is 30.2 Å². The van der Waals surface area contributed by atoms with Crippen molar-refractivity contribution in [3.8, 4) is 5.75 Å². The van der Waals surface area contributed by atoms with Gasteiger partial charge in [-0.2, -0.15) is 0 Å². The van der Waals surface area contributed by atoms with E-state index >= 15 is 0 Å². The quantitative estimate of drug-likeness (QED) is 0.887. The van der Waals surface area contributed by atoms with E-state index in [0.29, 0.717) is 29.5 Å². The third-order valence-corrected chi connectivity index (χ3v) is 3.52. The van der Waals surface area contributed by atoms with Crippen LogP contribution in [0.2, 0.25) is 5.02 Å². The number of rotatable bonds is 5. The minimum atomic E-state index is -0.188. The number of hydrogen-bond donors (Lipinski definition) is 1. The van der Waals surface area contributed by atoms with Crippen molar-refractivity contribution in [1.29, 1.82) is 0 Å². The van der Waals surface area contributed by atoms with Gasteiger partial charge >= 0.3 is 6.03 Å². The molecule has 0 atom stereocenters. The Morgan fingerprint density at radius 2 is 1.95 bits per heavy atom. The summed E-state index contributed by atoms with van der Waals surface area (Å²) in [5.41, 5.74) is 1.64. The molecule has 116 valence electrons. The third kappa shape index (κ3) is 4.15. The lowest BCUT2D eigenvalue weighted by Crippen LogP contribution is -2.34. The Morgan fingerprint density at radius 1 is 1.23 bits per heavy atom. The zero-order valence-corrected chi connectivity index (χ0v) is 13.4. The summed E-state index contributed by atoms with van der Waals surface area (Å²) >= 11 is 5.98. The van der Waals surface area contributed by atoms with Crippen LogP contribution in [-0.2, 0) is 6.54 Å². The summed E-state index contributed by atoms with van der Waals surface area (Å²) < 4.78 is 5.24. The van der Waals surface area contributed by atoms with E-state index in [1.807, 2.05) is 37.3 Å². The van der Waals surface area contributed by atoms with Gasteiger partial charge in [0.25, 0.3) is 0 Å². The summed E-state index contributed by atoms with van der Waals surface area (Å²) in [6, 6.07) is 14.8. The van der Waals surface area contributed by atoms with E-state index in [0.717, 1.165) is 5.56 Å². The molecule has 5 heteroatoms. The maximum Gasteiger partial charge on any atom is 0.322 e. The van der Waals surface area contributed by atoms with Gasteiger partial charge in [0.15, 0.2) is 0 Å². The minimum absolute atomic E-state index is 0.188. The number of methoxy groups -OCH3 is 1. The fraction of sp³-hybridized carbons (Fsp3) is 0.235. The van der Waals surface area contributed by atoms with E-state index in [2.05, 4.69) is 5.32 Å². The smallest absolute Gasteiger partial charge is 0.322 e. The number of ether oxygens (including phenoxy) is 1. The van der Waals surface area contributed by atoms with Gasteiger partial charge in [-0.15, -0.1) is 0 Å². The van der Waals surface area contributed by atoms with Gasteiger partial charge in [-0.1, -0.05) is 41.9 Å². The Labute approximate surface area is 135 Å². The van der Waals surface area contributed by atoms with Crippen LogP contribution in [0.5, 0.6) is 5.75 Å². The van der Waals surface area contributed by atoms with Crippen LogP contribution >= 0.6 is 11.6 Å². The number of carbonyl (C=O) groups is 1. The highest BCUT2D eigenvalue weighted by Gasteiger charge is 2.14. The van der Waals surface area contributed by atoms with Crippen molar-refractivity contribution in [2.45, 2.75) is 13.5 Å². The van der Waals surface area contributed by atoms with Crippen molar-refractivity contribution in [2.75, 3.05) is 19.0 Å². The van der Waals surface area contributed by atoms with Gasteiger partial charge in [0.2, 0.25) is 0 Å². The first-order valence-corrected chi connectivity index (χ1v) is 7.45. The lowest BCUT2D eigenvalue weighted by molar-refractivity contribution is 0.212. The molecule has 2 rings (SSSR count). The van der Waals surface area contributed by atoms with Gasteiger partial charge in [0.05, 0.1) is 12.8 Å². The Morgan fingerprint density at radius 3 is 2.59 bits per heavy atom. The van der Waals surface area contributed by atoms with Crippen LogP contribution in [0.25, 0.3) is 0 Å². The predicted molar refractivity (Wildman–Crippen MR) is 89.5 cm³/mol. The highest BCUT2D eigenvalue weighted by Crippen LogP contribution is 2.28. The fourth-order valence-electron chi connectivity index (χ4n) is 2.10. The fourth-order valence-corrected chi connectivity index (χ4v) is 2.28. The number of anilines is 1. The average molecular weight is 319 g/mol. The number of carbonyl (C=O) groups excluding carboxylic acids is 1. The first-order chi connectivity index (χ1) is 10.6. The summed E-state index contributed by atoms with van der Waals surface area (Å²) in [4.78, 5) is 14.2. The summed E-state index contributed by atoms with van der Waals surface area (Å²) in [5.74, 6) is 0.577. The van der Waals surface area contributed by atoms with Gasteiger partial charge in [-0.25, -0.2) is 4.79 Å². The standard InChI is InChI=1S/C17H19ClN2O2/c1-3-20(12-13-7-5-4-6-8-13)17(21)19-15-11-14(18)9-10-16(15)22-2/h4-11H,3,12H2,1-2H3,(H,19,21). The highest BCUT2D eigenvalue weighted by molar-refractivity contribution is 6.31. The van der Waals surface area contributed by atoms with Crippen molar-refractivity contribution in [2.24, 2.45) is 0 Å². The number of amides is 2. The molecular weight excluding hydrogens is 300 g/mol. The van der Waals surface area contributed by atoms with Crippen molar-refractivity contribution in [1.82, 2.24) is 4.90 Å². The van der Waals surface area contributed by atoms with Crippen molar-refractivity contribution >= 4 is 23.3 Å². The van der Waals surface area contributed by atoms with Gasteiger partial charge in [-0.05, 0) is 30.7 Å². The molecule has 0 aliphatic rings. The zero-order chi connectivity index (χ0) is 15.9. The molecular formula is C17H19ClN2O2. The van der Waals surface area contributed by atoms with Crippen molar-refractivity contribution < 1.29 is 9.53 Å². The molecule has 2 aromatic rings. The summed E-state index contributed by atoms with van der Waals surface area (Å²) in [6.45, 7) is 3.09. The number of benzene rings is 2. The Hall–Kier alpha value is -2.20. The molecule has 2 amide bonds. The maximum atomic E-state index is 12.4. The third-order valence-electron chi connectivity index (χ3n) is 3.29. The molecule has 0 aromatic heterocycles. The average Bonchev–Trinajstić information content (AvgIpc) is 2.53. The van der Waals surface area contributed by atoms with Gasteiger partial charge in [0.1, 0.15) is 5.75 Å². The van der Waals surface area contributed by atoms with Crippen molar-refractivity contribution in [3.05, 3.63) is 59.1 Å². The predicted octanol–water partition coefficient (Wildman–Crippen LogP) is 4.40. The molecule has 0 aliphatic carbocycles. The molecule has 0 spiro atoms. The van der Waals surface area contributed by atoms with E-state index in [4.69, 9.17) is 16.3 Å². The molecule has 0 bridgehead atoms. The molecule has 2 aromatic carbocycles. The Balaban J connectivity index is 2.11. The first-order valence-electron chi connectivity index (χ1n) is 7.07. The van der Waals surface area contributed by atoms with Crippen LogP contribution in [0, 0.1) is 0 Å². The van der Waals surface area contributed by atoms with Crippen LogP contribution < -0.4 is 10.1 Å². The highest BCUT2D eigenvalue weighted by atomic mass is 35.5. The lowest BCUT2D eigenvalue weighted by atomic mass is 10.2. The van der Waals surface area contributed by atoms with E-state index in [-0.39, 0.29) is 6.03 Å². The molecule has 0 unspecified atom stereocenters. The zero-order valence-electron chi connectivity index (χ0n) is 12.7. The van der Waals surface area contributed by atoms with Crippen LogP contribution in [0.15, 0.2) is 48.5 Å². The summed E-state index contributed by atoms with van der Waals surface area (Å²) in [7, 11) is 1.56. The van der Waals surface area contributed by atoms with Crippen LogP contribution in [0.4, 0.5) is 10.5 Å². The number of hydrogen-bond acceptors (Lipinski definition) is 2. The second kappa shape index (κ2) is 7.71. The van der Waals surface area contributed by atoms with Gasteiger partial charge in [-0.3, -0.25) is 0 Å². The monoisotopic (exact) mass is 318 g/mol. The topological polar surface area (TPSA) is 41.6 Å². The molecule has 0 saturated carbocycles. The SMILES string of the molecule is CCN(Cc1ccccc1)C(=O)Nc1cc(Cl)ccc1OC. The molecule has 4 nitrogen and oxygen atoms in total. The largest absolute Gasteiger partial charge is 0.495 e. The number of nitrogens with zero attached hydrogens (tertiary/aromatic N) is 1. The van der Waals surface area contributed by atoms with Crippen LogP contribution in [-0.4, -0.2) is 24.6 Å². The van der Waals surface area contributed by atoms with E-state index in [9.17, 15) is 4.79 Å². The van der Waals surface area contributed by atoms with Gasteiger partial charge in [0, 0.05) is 18.1 Å². The molecule has 0 aliphatic heterocycles. The van der Waals surface area contributed by atoms with E-state index in [1.165, 1.54) is 0 Å².